The lowest BCUT2D eigenvalue weighted by atomic mass is 10.0. The minimum atomic E-state index is -0.0142. The van der Waals surface area contributed by atoms with Crippen molar-refractivity contribution in [2.45, 2.75) is 59.8 Å². The van der Waals surface area contributed by atoms with Crippen LogP contribution in [0.5, 0.6) is 5.75 Å². The van der Waals surface area contributed by atoms with E-state index < -0.39 is 0 Å². The molecule has 1 aliphatic heterocycles. The second-order valence-electron chi connectivity index (χ2n) is 10.1. The van der Waals surface area contributed by atoms with Crippen LogP contribution in [0.1, 0.15) is 64.0 Å². The normalized spacial score (nSPS) is 14.8. The summed E-state index contributed by atoms with van der Waals surface area (Å²) in [6.07, 6.45) is 9.65. The Bertz CT molecular complexity index is 1300. The van der Waals surface area contributed by atoms with Crippen LogP contribution in [0.25, 0.3) is 23.0 Å². The summed E-state index contributed by atoms with van der Waals surface area (Å²) in [5.74, 6) is 1.27. The summed E-state index contributed by atoms with van der Waals surface area (Å²) in [6.45, 7) is 9.87. The van der Waals surface area contributed by atoms with Gasteiger partial charge in [-0.1, -0.05) is 101 Å². The first-order chi connectivity index (χ1) is 18.4. The Labute approximate surface area is 236 Å². The van der Waals surface area contributed by atoms with Gasteiger partial charge in [-0.05, 0) is 43.5 Å². The number of carbonyl (C=O) groups is 1. The third-order valence-electron chi connectivity index (χ3n) is 6.52. The van der Waals surface area contributed by atoms with E-state index in [1.54, 1.807) is 4.90 Å². The van der Waals surface area contributed by atoms with Crippen LogP contribution in [0.3, 0.4) is 0 Å². The summed E-state index contributed by atoms with van der Waals surface area (Å²) in [6, 6.07) is 16.1. The van der Waals surface area contributed by atoms with Crippen molar-refractivity contribution in [3.8, 4) is 22.7 Å². The molecule has 0 bridgehead atoms. The zero-order chi connectivity index (χ0) is 27.1. The average Bonchev–Trinajstić information content (AvgIpc) is 3.44. The Morgan fingerprint density at radius 3 is 2.55 bits per heavy atom. The highest BCUT2D eigenvalue weighted by Gasteiger charge is 2.32. The van der Waals surface area contributed by atoms with Crippen LogP contribution in [-0.2, 0) is 4.79 Å². The zero-order valence-electron chi connectivity index (χ0n) is 22.8. The third-order valence-corrected chi connectivity index (χ3v) is 7.90. The van der Waals surface area contributed by atoms with Crippen LogP contribution in [0.4, 0.5) is 0 Å². The van der Waals surface area contributed by atoms with Gasteiger partial charge in [-0.25, -0.2) is 4.68 Å². The highest BCUT2D eigenvalue weighted by Crippen LogP contribution is 2.37. The van der Waals surface area contributed by atoms with Gasteiger partial charge in [-0.2, -0.15) is 5.10 Å². The quantitative estimate of drug-likeness (QED) is 0.130. The van der Waals surface area contributed by atoms with E-state index in [1.165, 1.54) is 31.0 Å². The van der Waals surface area contributed by atoms with Crippen molar-refractivity contribution in [3.05, 3.63) is 70.8 Å². The Morgan fingerprint density at radius 2 is 1.82 bits per heavy atom. The van der Waals surface area contributed by atoms with Gasteiger partial charge in [0.25, 0.3) is 5.91 Å². The molecule has 0 aliphatic carbocycles. The van der Waals surface area contributed by atoms with Gasteiger partial charge in [0.05, 0.1) is 17.2 Å². The Balaban J connectivity index is 1.68. The smallest absolute Gasteiger partial charge is 0.266 e. The van der Waals surface area contributed by atoms with Crippen LogP contribution >= 0.6 is 24.0 Å². The fraction of sp³-hybridized carbons (Fsp3) is 0.387. The second kappa shape index (κ2) is 13.3. The number of para-hydroxylation sites is 1. The van der Waals surface area contributed by atoms with Gasteiger partial charge in [0.1, 0.15) is 15.8 Å². The maximum absolute atomic E-state index is 13.3. The molecule has 2 heterocycles. The highest BCUT2D eigenvalue weighted by molar-refractivity contribution is 8.26. The van der Waals surface area contributed by atoms with Crippen molar-refractivity contribution < 1.29 is 9.53 Å². The van der Waals surface area contributed by atoms with Crippen molar-refractivity contribution in [2.24, 2.45) is 5.92 Å². The Morgan fingerprint density at radius 1 is 1.05 bits per heavy atom. The van der Waals surface area contributed by atoms with Crippen LogP contribution in [0.2, 0.25) is 0 Å². The summed E-state index contributed by atoms with van der Waals surface area (Å²) < 4.78 is 8.61. The molecule has 0 unspecified atom stereocenters. The molecule has 7 heteroatoms. The van der Waals surface area contributed by atoms with Crippen LogP contribution < -0.4 is 4.74 Å². The summed E-state index contributed by atoms with van der Waals surface area (Å²) in [5.41, 5.74) is 4.66. The number of ether oxygens (including phenoxy) is 1. The fourth-order valence-corrected chi connectivity index (χ4v) is 5.71. The van der Waals surface area contributed by atoms with Crippen LogP contribution in [-0.4, -0.2) is 38.1 Å². The molecule has 3 aromatic rings. The molecule has 1 aliphatic rings. The predicted octanol–water partition coefficient (Wildman–Crippen LogP) is 8.05. The molecular formula is C31H37N3O2S2. The predicted molar refractivity (Wildman–Crippen MR) is 163 cm³/mol. The number of thioether (sulfide) groups is 1. The standard InChI is InChI=1S/C31H37N3O2S2/c1-5-6-7-8-12-18-33-30(35)28(38-31(33)37)19-24-20-34(25-14-10-9-11-15-25)32-29(24)26-16-13-17-27(23(26)4)36-21-22(2)3/h9-11,13-17,19-20,22H,5-8,12,18,21H2,1-4H3/b28-19-. The molecule has 0 saturated carbocycles. The van der Waals surface area contributed by atoms with Gasteiger partial charge in [0.15, 0.2) is 0 Å². The molecule has 200 valence electrons. The molecule has 4 rings (SSSR count). The van der Waals surface area contributed by atoms with Crippen LogP contribution in [0, 0.1) is 12.8 Å². The number of thiocarbonyl (C=S) groups is 1. The topological polar surface area (TPSA) is 47.4 Å². The van der Waals surface area contributed by atoms with E-state index in [0.717, 1.165) is 46.7 Å². The van der Waals surface area contributed by atoms with E-state index in [0.29, 0.717) is 28.3 Å². The summed E-state index contributed by atoms with van der Waals surface area (Å²) in [7, 11) is 0. The molecule has 1 saturated heterocycles. The van der Waals surface area contributed by atoms with Gasteiger partial charge < -0.3 is 4.74 Å². The fourth-order valence-electron chi connectivity index (χ4n) is 4.41. The van der Waals surface area contributed by atoms with Crippen molar-refractivity contribution >= 4 is 40.3 Å². The number of aromatic nitrogens is 2. The molecule has 38 heavy (non-hydrogen) atoms. The molecule has 0 N–H and O–H groups in total. The number of amides is 1. The molecule has 1 amide bonds. The lowest BCUT2D eigenvalue weighted by Gasteiger charge is -2.14. The molecule has 0 atom stereocenters. The molecular weight excluding hydrogens is 510 g/mol. The Hall–Kier alpha value is -2.90. The van der Waals surface area contributed by atoms with Crippen molar-refractivity contribution in [1.82, 2.24) is 14.7 Å². The molecule has 0 spiro atoms. The third kappa shape index (κ3) is 6.75. The SMILES string of the molecule is CCCCCCCN1C(=O)/C(=C/c2cn(-c3ccccc3)nc2-c2cccc(OCC(C)C)c2C)SC1=S. The number of carbonyl (C=O) groups excluding carboxylic acids is 1. The van der Waals surface area contributed by atoms with Gasteiger partial charge in [0.2, 0.25) is 0 Å². The molecule has 1 aromatic heterocycles. The minimum Gasteiger partial charge on any atom is -0.493 e. The van der Waals surface area contributed by atoms with E-state index >= 15 is 0 Å². The minimum absolute atomic E-state index is 0.0142. The molecule has 1 fully saturated rings. The number of nitrogens with zero attached hydrogens (tertiary/aromatic N) is 3. The first-order valence-electron chi connectivity index (χ1n) is 13.5. The van der Waals surface area contributed by atoms with Crippen molar-refractivity contribution in [1.29, 1.82) is 0 Å². The zero-order valence-corrected chi connectivity index (χ0v) is 24.4. The molecule has 2 aromatic carbocycles. The first-order valence-corrected chi connectivity index (χ1v) is 14.7. The summed E-state index contributed by atoms with van der Waals surface area (Å²) in [4.78, 5) is 15.7. The van der Waals surface area contributed by atoms with E-state index in [4.69, 9.17) is 22.1 Å². The van der Waals surface area contributed by atoms with Crippen LogP contribution in [0.15, 0.2) is 59.6 Å². The number of rotatable bonds is 12. The number of hydrogen-bond donors (Lipinski definition) is 0. The van der Waals surface area contributed by atoms with Gasteiger partial charge >= 0.3 is 0 Å². The van der Waals surface area contributed by atoms with E-state index in [-0.39, 0.29) is 5.91 Å². The second-order valence-corrected chi connectivity index (χ2v) is 11.8. The largest absolute Gasteiger partial charge is 0.493 e. The monoisotopic (exact) mass is 547 g/mol. The summed E-state index contributed by atoms with van der Waals surface area (Å²) >= 11 is 6.98. The first kappa shape index (κ1) is 28.1. The van der Waals surface area contributed by atoms with Crippen molar-refractivity contribution in [2.75, 3.05) is 13.2 Å². The maximum Gasteiger partial charge on any atom is 0.266 e. The lowest BCUT2D eigenvalue weighted by Crippen LogP contribution is -2.29. The van der Waals surface area contributed by atoms with Crippen molar-refractivity contribution in [3.63, 3.8) is 0 Å². The number of unbranched alkanes of at least 4 members (excludes halogenated alkanes) is 4. The summed E-state index contributed by atoms with van der Waals surface area (Å²) in [5, 5.41) is 4.98. The van der Waals surface area contributed by atoms with Gasteiger partial charge in [0, 0.05) is 29.4 Å². The average molecular weight is 548 g/mol. The molecule has 5 nitrogen and oxygen atoms in total. The van der Waals surface area contributed by atoms with E-state index in [2.05, 4.69) is 33.8 Å². The number of benzene rings is 2. The lowest BCUT2D eigenvalue weighted by molar-refractivity contribution is -0.122. The van der Waals surface area contributed by atoms with Gasteiger partial charge in [-0.15, -0.1) is 0 Å². The number of hydrogen-bond acceptors (Lipinski definition) is 5. The maximum atomic E-state index is 13.3. The highest BCUT2D eigenvalue weighted by atomic mass is 32.2. The van der Waals surface area contributed by atoms with E-state index in [9.17, 15) is 4.79 Å². The Kier molecular flexibility index (Phi) is 9.80. The van der Waals surface area contributed by atoms with E-state index in [1.807, 2.05) is 59.4 Å². The molecule has 0 radical (unpaired) electrons. The van der Waals surface area contributed by atoms with Gasteiger partial charge in [-0.3, -0.25) is 9.69 Å².